The highest BCUT2D eigenvalue weighted by Gasteiger charge is 2.50. The van der Waals surface area contributed by atoms with Crippen molar-refractivity contribution in [2.45, 2.75) is 62.9 Å². The lowest BCUT2D eigenvalue weighted by atomic mass is 9.81. The molecule has 3 rings (SSSR count). The van der Waals surface area contributed by atoms with Crippen molar-refractivity contribution in [3.8, 4) is 0 Å². The van der Waals surface area contributed by atoms with Crippen LogP contribution in [-0.2, 0) is 14.3 Å². The minimum Gasteiger partial charge on any atom is -0.465 e. The van der Waals surface area contributed by atoms with Crippen LogP contribution in [0.5, 0.6) is 0 Å². The van der Waals surface area contributed by atoms with Gasteiger partial charge in [-0.2, -0.15) is 0 Å². The van der Waals surface area contributed by atoms with Gasteiger partial charge in [-0.15, -0.1) is 11.8 Å². The number of fused-ring (bicyclic) bond motifs is 1. The second-order valence-corrected chi connectivity index (χ2v) is 7.18. The molecule has 0 aromatic heterocycles. The molecule has 4 nitrogen and oxygen atoms in total. The van der Waals surface area contributed by atoms with Gasteiger partial charge in [0.25, 0.3) is 0 Å². The Morgan fingerprint density at radius 1 is 1.35 bits per heavy atom. The topological polar surface area (TPSA) is 46.6 Å². The standard InChI is InChI=1S/C15H23NO3S/c1-2-19-15(18)12-9-20-14-8-7-11(16(12)14)10-5-3-4-6-13(10)17/h10-12,14H,2-9H2,1H3. The first-order valence-electron chi connectivity index (χ1n) is 7.80. The molecule has 2 heterocycles. The average molecular weight is 297 g/mol. The third-order valence-electron chi connectivity index (χ3n) is 4.86. The Morgan fingerprint density at radius 2 is 2.20 bits per heavy atom. The van der Waals surface area contributed by atoms with Crippen LogP contribution in [0.15, 0.2) is 0 Å². The molecule has 2 aliphatic heterocycles. The van der Waals surface area contributed by atoms with E-state index in [0.717, 1.165) is 44.3 Å². The van der Waals surface area contributed by atoms with Crippen molar-refractivity contribution in [1.29, 1.82) is 0 Å². The smallest absolute Gasteiger partial charge is 0.324 e. The molecule has 4 unspecified atom stereocenters. The van der Waals surface area contributed by atoms with Crippen LogP contribution in [0.2, 0.25) is 0 Å². The maximum absolute atomic E-state index is 12.2. The minimum absolute atomic E-state index is 0.0994. The molecular weight excluding hydrogens is 274 g/mol. The number of nitrogens with zero attached hydrogens (tertiary/aromatic N) is 1. The van der Waals surface area contributed by atoms with Gasteiger partial charge >= 0.3 is 5.97 Å². The highest BCUT2D eigenvalue weighted by molar-refractivity contribution is 8.00. The average Bonchev–Trinajstić information content (AvgIpc) is 3.01. The molecule has 0 spiro atoms. The molecule has 1 aliphatic carbocycles. The summed E-state index contributed by atoms with van der Waals surface area (Å²) >= 11 is 1.86. The number of esters is 1. The van der Waals surface area contributed by atoms with Gasteiger partial charge in [-0.25, -0.2) is 0 Å². The molecule has 0 bridgehead atoms. The van der Waals surface area contributed by atoms with Crippen molar-refractivity contribution in [2.75, 3.05) is 12.4 Å². The van der Waals surface area contributed by atoms with E-state index in [9.17, 15) is 9.59 Å². The van der Waals surface area contributed by atoms with Crippen LogP contribution in [-0.4, -0.2) is 46.5 Å². The Morgan fingerprint density at radius 3 is 2.95 bits per heavy atom. The van der Waals surface area contributed by atoms with Crippen LogP contribution < -0.4 is 0 Å². The number of ether oxygens (including phenoxy) is 1. The van der Waals surface area contributed by atoms with Gasteiger partial charge in [-0.3, -0.25) is 14.5 Å². The van der Waals surface area contributed by atoms with Crippen molar-refractivity contribution in [1.82, 2.24) is 4.90 Å². The number of carbonyl (C=O) groups excluding carboxylic acids is 2. The number of thioether (sulfide) groups is 1. The highest BCUT2D eigenvalue weighted by Crippen LogP contribution is 2.45. The van der Waals surface area contributed by atoms with Crippen molar-refractivity contribution in [3.63, 3.8) is 0 Å². The fourth-order valence-electron chi connectivity index (χ4n) is 3.97. The van der Waals surface area contributed by atoms with E-state index in [4.69, 9.17) is 4.74 Å². The summed E-state index contributed by atoms with van der Waals surface area (Å²) in [6.45, 7) is 2.29. The van der Waals surface area contributed by atoms with Crippen LogP contribution in [0, 0.1) is 5.92 Å². The van der Waals surface area contributed by atoms with Gasteiger partial charge in [0.05, 0.1) is 12.0 Å². The minimum atomic E-state index is -0.132. The quantitative estimate of drug-likeness (QED) is 0.748. The second kappa shape index (κ2) is 6.06. The highest BCUT2D eigenvalue weighted by atomic mass is 32.2. The fourth-order valence-corrected chi connectivity index (χ4v) is 5.46. The van der Waals surface area contributed by atoms with E-state index in [0.29, 0.717) is 17.8 Å². The summed E-state index contributed by atoms with van der Waals surface area (Å²) in [4.78, 5) is 26.7. The summed E-state index contributed by atoms with van der Waals surface area (Å²) in [6.07, 6.45) is 6.10. The van der Waals surface area contributed by atoms with E-state index in [-0.39, 0.29) is 24.0 Å². The number of hydrogen-bond acceptors (Lipinski definition) is 5. The van der Waals surface area contributed by atoms with Crippen molar-refractivity contribution >= 4 is 23.5 Å². The molecule has 20 heavy (non-hydrogen) atoms. The molecule has 0 aromatic carbocycles. The van der Waals surface area contributed by atoms with Gasteiger partial charge in [-0.05, 0) is 32.6 Å². The van der Waals surface area contributed by atoms with Crippen LogP contribution >= 0.6 is 11.8 Å². The molecule has 112 valence electrons. The molecule has 1 saturated carbocycles. The zero-order valence-electron chi connectivity index (χ0n) is 12.0. The van der Waals surface area contributed by atoms with Gasteiger partial charge in [-0.1, -0.05) is 6.42 Å². The summed E-state index contributed by atoms with van der Waals surface area (Å²) in [5.74, 6) is 1.30. The van der Waals surface area contributed by atoms with Crippen LogP contribution in [0.3, 0.4) is 0 Å². The van der Waals surface area contributed by atoms with Gasteiger partial charge in [0, 0.05) is 24.1 Å². The maximum atomic E-state index is 12.2. The molecule has 3 fully saturated rings. The molecule has 4 atom stereocenters. The number of carbonyl (C=O) groups is 2. The fraction of sp³-hybridized carbons (Fsp3) is 0.867. The summed E-state index contributed by atoms with van der Waals surface area (Å²) in [5.41, 5.74) is 0. The lowest BCUT2D eigenvalue weighted by Crippen LogP contribution is -2.49. The van der Waals surface area contributed by atoms with E-state index in [1.807, 2.05) is 18.7 Å². The van der Waals surface area contributed by atoms with Gasteiger partial charge in [0.2, 0.25) is 0 Å². The Bertz CT molecular complexity index is 401. The molecule has 3 aliphatic rings. The Hall–Kier alpha value is -0.550. The van der Waals surface area contributed by atoms with Crippen LogP contribution in [0.4, 0.5) is 0 Å². The Kier molecular flexibility index (Phi) is 4.36. The lowest BCUT2D eigenvalue weighted by Gasteiger charge is -2.35. The number of rotatable bonds is 3. The van der Waals surface area contributed by atoms with E-state index in [1.165, 1.54) is 0 Å². The summed E-state index contributed by atoms with van der Waals surface area (Å²) in [7, 11) is 0. The summed E-state index contributed by atoms with van der Waals surface area (Å²) in [5, 5.41) is 0.420. The number of hydrogen-bond donors (Lipinski definition) is 0. The van der Waals surface area contributed by atoms with Crippen molar-refractivity contribution in [2.24, 2.45) is 5.92 Å². The largest absolute Gasteiger partial charge is 0.465 e. The molecule has 0 N–H and O–H groups in total. The third-order valence-corrected chi connectivity index (χ3v) is 6.23. The number of ketones is 1. The predicted molar refractivity (Wildman–Crippen MR) is 78.5 cm³/mol. The first-order valence-corrected chi connectivity index (χ1v) is 8.85. The maximum Gasteiger partial charge on any atom is 0.324 e. The Labute approximate surface area is 124 Å². The lowest BCUT2D eigenvalue weighted by molar-refractivity contribution is -0.150. The molecule has 5 heteroatoms. The van der Waals surface area contributed by atoms with Gasteiger partial charge in [0.1, 0.15) is 11.8 Å². The van der Waals surface area contributed by atoms with Crippen LogP contribution in [0.25, 0.3) is 0 Å². The second-order valence-electron chi connectivity index (χ2n) is 5.97. The molecule has 0 radical (unpaired) electrons. The number of Topliss-reactive ketones (excluding diaryl/α,β-unsaturated/α-hetero) is 1. The summed E-state index contributed by atoms with van der Waals surface area (Å²) < 4.78 is 5.22. The predicted octanol–water partition coefficient (Wildman–Crippen LogP) is 2.21. The van der Waals surface area contributed by atoms with Crippen molar-refractivity contribution < 1.29 is 14.3 Å². The zero-order valence-corrected chi connectivity index (χ0v) is 12.9. The first-order chi connectivity index (χ1) is 9.72. The molecule has 0 amide bonds. The van der Waals surface area contributed by atoms with E-state index in [1.54, 1.807) is 0 Å². The SMILES string of the molecule is CCOC(=O)C1CSC2CCC(C3CCCCC3=O)N21. The summed E-state index contributed by atoms with van der Waals surface area (Å²) in [6, 6.07) is 0.143. The first kappa shape index (κ1) is 14.4. The van der Waals surface area contributed by atoms with Gasteiger partial charge in [0.15, 0.2) is 0 Å². The normalized spacial score (nSPS) is 38.0. The molecular formula is C15H23NO3S. The van der Waals surface area contributed by atoms with E-state index >= 15 is 0 Å². The van der Waals surface area contributed by atoms with Gasteiger partial charge < -0.3 is 4.74 Å². The zero-order chi connectivity index (χ0) is 14.1. The van der Waals surface area contributed by atoms with Crippen molar-refractivity contribution in [3.05, 3.63) is 0 Å². The molecule has 2 saturated heterocycles. The Balaban J connectivity index is 1.75. The van der Waals surface area contributed by atoms with E-state index in [2.05, 4.69) is 4.90 Å². The third kappa shape index (κ3) is 2.50. The van der Waals surface area contributed by atoms with Crippen LogP contribution in [0.1, 0.15) is 45.4 Å². The molecule has 0 aromatic rings. The monoisotopic (exact) mass is 297 g/mol. The van der Waals surface area contributed by atoms with E-state index < -0.39 is 0 Å².